The summed E-state index contributed by atoms with van der Waals surface area (Å²) in [5.74, 6) is -2.76. The lowest BCUT2D eigenvalue weighted by molar-refractivity contribution is -0.295. The number of rotatable bonds is 36. The zero-order valence-corrected chi connectivity index (χ0v) is 66.8. The van der Waals surface area contributed by atoms with Crippen molar-refractivity contribution in [3.8, 4) is 62.9 Å². The van der Waals surface area contributed by atoms with E-state index in [0.717, 1.165) is 44.5 Å². The highest BCUT2D eigenvalue weighted by Gasteiger charge is 2.54. The highest BCUT2D eigenvalue weighted by molar-refractivity contribution is 6.09. The van der Waals surface area contributed by atoms with Gasteiger partial charge in [-0.1, -0.05) is 334 Å². The molecular formula is C104H88O18. The van der Waals surface area contributed by atoms with Crippen LogP contribution in [-0.4, -0.2) is 55.2 Å². The lowest BCUT2D eigenvalue weighted by atomic mass is 9.91. The number of ether oxygens (including phenoxy) is 15. The summed E-state index contributed by atoms with van der Waals surface area (Å²) in [5, 5.41) is 0. The monoisotopic (exact) mass is 1620 g/mol. The highest BCUT2D eigenvalue weighted by atomic mass is 16.7. The van der Waals surface area contributed by atoms with Crippen LogP contribution in [0.3, 0.4) is 0 Å². The Kier molecular flexibility index (Phi) is 27.2. The van der Waals surface area contributed by atoms with E-state index < -0.39 is 48.6 Å². The van der Waals surface area contributed by atoms with E-state index in [1.54, 1.807) is 0 Å². The molecule has 0 amide bonds. The summed E-state index contributed by atoms with van der Waals surface area (Å²) >= 11 is 0. The topological polar surface area (TPSA) is 190 Å². The molecule has 0 aromatic heterocycles. The Labute approximate surface area is 708 Å². The zero-order valence-electron chi connectivity index (χ0n) is 66.8. The van der Waals surface area contributed by atoms with Crippen LogP contribution in [0.1, 0.15) is 92.3 Å². The van der Waals surface area contributed by atoms with Crippen LogP contribution in [0.2, 0.25) is 0 Å². The summed E-state index contributed by atoms with van der Waals surface area (Å²) in [6, 6.07) is 111. The minimum Gasteiger partial charge on any atom is -0.485 e. The molecule has 14 aromatic rings. The number of hydrogen-bond acceptors (Lipinski definition) is 18. The Morgan fingerprint density at radius 1 is 0.270 bits per heavy atom. The van der Waals surface area contributed by atoms with E-state index in [-0.39, 0.29) is 159 Å². The van der Waals surface area contributed by atoms with Crippen molar-refractivity contribution < 1.29 is 85.4 Å². The number of hydrogen-bond donors (Lipinski definition) is 0. The maximum Gasteiger partial charge on any atom is 0.340 e. The Morgan fingerprint density at radius 3 is 0.836 bits per heavy atom. The van der Waals surface area contributed by atoms with Gasteiger partial charge >= 0.3 is 17.9 Å². The van der Waals surface area contributed by atoms with Crippen LogP contribution in [0.4, 0.5) is 0 Å². The number of carbonyl (C=O) groups is 3. The second-order valence-electron chi connectivity index (χ2n) is 29.1. The summed E-state index contributed by atoms with van der Waals surface area (Å²) in [4.78, 5) is 51.0. The Morgan fingerprint density at radius 2 is 0.525 bits per heavy atom. The van der Waals surface area contributed by atoms with Crippen molar-refractivity contribution >= 4 is 17.9 Å². The third-order valence-electron chi connectivity index (χ3n) is 20.4. The first kappa shape index (κ1) is 81.3. The molecular weight excluding hydrogens is 1540 g/mol. The predicted molar refractivity (Wildman–Crippen MR) is 459 cm³/mol. The maximum atomic E-state index is 17.5. The molecule has 3 unspecified atom stereocenters. The van der Waals surface area contributed by atoms with Gasteiger partial charge < -0.3 is 71.1 Å². The minimum atomic E-state index is -1.94. The van der Waals surface area contributed by atoms with Gasteiger partial charge in [-0.2, -0.15) is 0 Å². The highest BCUT2D eigenvalue weighted by Crippen LogP contribution is 2.57. The summed E-state index contributed by atoms with van der Waals surface area (Å²) in [7, 11) is 0. The third kappa shape index (κ3) is 21.2. The molecule has 122 heavy (non-hydrogen) atoms. The molecule has 0 radical (unpaired) electrons. The first-order chi connectivity index (χ1) is 60.2. The molecule has 2 bridgehead atoms. The van der Waals surface area contributed by atoms with E-state index in [2.05, 4.69) is 0 Å². The lowest BCUT2D eigenvalue weighted by Gasteiger charge is -2.44. The van der Waals surface area contributed by atoms with E-state index in [1.807, 2.05) is 334 Å². The van der Waals surface area contributed by atoms with Crippen molar-refractivity contribution in [1.82, 2.24) is 0 Å². The largest absolute Gasteiger partial charge is 0.485 e. The normalized spacial score (nSPS) is 15.3. The SMILES string of the molecule is O=C(OC1O[C@H](COCc2ccccc2)C2OC(=O)c3cc(OCc4ccccc4)c(OCc4ccccc4)c(OCc4ccccc4)c3-c3c(cc(OCc4ccccc4)c(OCc4ccccc4)c3OCc3ccccc3)C(=O)O[C@@H]1C2OCc1ccccc1)c1cc(OCc2ccccc2)c(OCc2ccccc2)c(OCc2ccccc2)c1. The predicted octanol–water partition coefficient (Wildman–Crippen LogP) is 21.0. The third-order valence-corrected chi connectivity index (χ3v) is 20.4. The Bertz CT molecular complexity index is 5640. The van der Waals surface area contributed by atoms with Gasteiger partial charge in [-0.3, -0.25) is 0 Å². The molecule has 2 aliphatic rings. The molecule has 612 valence electrons. The van der Waals surface area contributed by atoms with Gasteiger partial charge in [-0.15, -0.1) is 0 Å². The van der Waals surface area contributed by atoms with Crippen LogP contribution < -0.4 is 42.6 Å². The fourth-order valence-electron chi connectivity index (χ4n) is 14.2. The molecule has 0 aliphatic carbocycles. The molecule has 16 rings (SSSR count). The van der Waals surface area contributed by atoms with Gasteiger partial charge in [-0.05, 0) is 85.5 Å². The van der Waals surface area contributed by atoms with Gasteiger partial charge in [0.25, 0.3) is 0 Å². The number of carbonyl (C=O) groups excluding carboxylic acids is 3. The fourth-order valence-corrected chi connectivity index (χ4v) is 14.2. The van der Waals surface area contributed by atoms with Gasteiger partial charge in [0.15, 0.2) is 46.7 Å². The zero-order chi connectivity index (χ0) is 82.9. The van der Waals surface area contributed by atoms with E-state index in [1.165, 1.54) is 24.3 Å². The molecule has 2 aliphatic heterocycles. The molecule has 5 atom stereocenters. The first-order valence-electron chi connectivity index (χ1n) is 40.4. The van der Waals surface area contributed by atoms with Crippen LogP contribution in [-0.2, 0) is 101 Å². The molecule has 0 spiro atoms. The molecule has 2 heterocycles. The summed E-state index contributed by atoms with van der Waals surface area (Å²) < 4.78 is 106. The van der Waals surface area contributed by atoms with Crippen molar-refractivity contribution in [2.45, 2.75) is 103 Å². The van der Waals surface area contributed by atoms with Gasteiger partial charge in [0.05, 0.1) is 36.5 Å². The van der Waals surface area contributed by atoms with Crippen LogP contribution in [0.15, 0.2) is 358 Å². The van der Waals surface area contributed by atoms with Crippen LogP contribution in [0.5, 0.6) is 51.7 Å². The van der Waals surface area contributed by atoms with E-state index in [0.29, 0.717) is 16.7 Å². The van der Waals surface area contributed by atoms with Crippen molar-refractivity contribution in [2.75, 3.05) is 6.61 Å². The summed E-state index contributed by atoms with van der Waals surface area (Å²) in [6.07, 6.45) is -8.42. The minimum absolute atomic E-state index is 0.0101. The second kappa shape index (κ2) is 40.8. The van der Waals surface area contributed by atoms with Gasteiger partial charge in [0, 0.05) is 11.1 Å². The summed E-state index contributed by atoms with van der Waals surface area (Å²) in [5.41, 5.74) is 7.65. The maximum absolute atomic E-state index is 17.5. The number of fused-ring (bicyclic) bond motifs is 5. The van der Waals surface area contributed by atoms with E-state index in [9.17, 15) is 0 Å². The van der Waals surface area contributed by atoms with Crippen molar-refractivity contribution in [2.24, 2.45) is 0 Å². The molecule has 18 nitrogen and oxygen atoms in total. The average molecular weight is 1630 g/mol. The van der Waals surface area contributed by atoms with Crippen LogP contribution >= 0.6 is 0 Å². The van der Waals surface area contributed by atoms with Crippen molar-refractivity contribution in [1.29, 1.82) is 0 Å². The standard InChI is InChI=1S/C104H88O18/c105-101(83-56-86(109-61-73-36-14-2-15-37-73)93(113-65-77-44-22-6-23-45-77)87(57-83)110-62-74-38-16-3-17-39-74)122-104-100-99(118-70-82-54-32-11-33-55-82)96(90(119-104)71-108-60-72-34-12-1-13-35-72)120-102(106)84-58-88(111-63-75-40-18-4-19-41-75)94(114-66-78-46-24-7-25-47-78)97(116-68-80-50-28-9-29-51-80)91(84)92-85(103(107)121-100)59-89(112-64-76-42-20-5-21-43-76)95(115-67-79-48-26-8-27-49-79)98(92)117-69-81-52-30-10-31-53-81/h1-59,90,96,99-100,104H,60-71H2/t90-,96?,99?,100-,104?/m1/s1. The molecule has 18 heteroatoms. The van der Waals surface area contributed by atoms with Crippen molar-refractivity contribution in [3.63, 3.8) is 0 Å². The number of esters is 3. The lowest BCUT2D eigenvalue weighted by Crippen LogP contribution is -2.62. The van der Waals surface area contributed by atoms with E-state index >= 15 is 14.4 Å². The van der Waals surface area contributed by atoms with E-state index in [4.69, 9.17) is 71.1 Å². The van der Waals surface area contributed by atoms with Gasteiger partial charge in [0.2, 0.25) is 23.5 Å². The quantitative estimate of drug-likeness (QED) is 0.0266. The van der Waals surface area contributed by atoms with Crippen molar-refractivity contribution in [3.05, 3.63) is 436 Å². The smallest absolute Gasteiger partial charge is 0.340 e. The molecule has 1 fully saturated rings. The molecule has 1 saturated heterocycles. The van der Waals surface area contributed by atoms with Gasteiger partial charge in [-0.25, -0.2) is 14.4 Å². The fraction of sp³-hybridized carbons (Fsp3) is 0.163. The Balaban J connectivity index is 0.931. The molecule has 0 saturated carbocycles. The van der Waals surface area contributed by atoms with Gasteiger partial charge in [0.1, 0.15) is 71.7 Å². The summed E-state index contributed by atoms with van der Waals surface area (Å²) in [6.45, 7) is -0.811. The average Bonchev–Trinajstić information content (AvgIpc) is 1.17. The second-order valence-corrected chi connectivity index (χ2v) is 29.1. The van der Waals surface area contributed by atoms with Crippen LogP contribution in [0, 0.1) is 0 Å². The number of benzene rings is 14. The van der Waals surface area contributed by atoms with Crippen LogP contribution in [0.25, 0.3) is 11.1 Å². The Hall–Kier alpha value is -14.4. The molecule has 0 N–H and O–H groups in total. The first-order valence-corrected chi connectivity index (χ1v) is 40.4. The molecule has 14 aromatic carbocycles.